The minimum absolute atomic E-state index is 0. The number of amides is 6. The Labute approximate surface area is 612 Å². The molecule has 6 amide bonds. The number of aliphatic hydroxyl groups is 6. The van der Waals surface area contributed by atoms with E-state index in [1.807, 2.05) is 24.3 Å². The van der Waals surface area contributed by atoms with Crippen LogP contribution in [0.5, 0.6) is 0 Å². The van der Waals surface area contributed by atoms with Gasteiger partial charge in [-0.1, -0.05) is 62.8 Å². The maximum absolute atomic E-state index is 13.0. The molecule has 2 aliphatic heterocycles. The van der Waals surface area contributed by atoms with Crippen LogP contribution in [0.15, 0.2) is 72.8 Å². The molecule has 0 aromatic heterocycles. The van der Waals surface area contributed by atoms with E-state index in [0.717, 1.165) is 76.3 Å². The van der Waals surface area contributed by atoms with Crippen molar-refractivity contribution in [3.05, 3.63) is 106 Å². The fourth-order valence-electron chi connectivity index (χ4n) is 12.3. The van der Waals surface area contributed by atoms with Gasteiger partial charge in [0.2, 0.25) is 23.4 Å². The molecule has 12 N–H and O–H groups in total. The Morgan fingerprint density at radius 2 is 0.812 bits per heavy atom. The zero-order valence-electron chi connectivity index (χ0n) is 55.0. The van der Waals surface area contributed by atoms with Gasteiger partial charge in [0, 0.05) is 86.6 Å². The number of thioether (sulfide) groups is 2. The average Bonchev–Trinajstić information content (AvgIpc) is 0.777. The number of hydrogen-bond acceptors (Lipinski definition) is 22. The van der Waals surface area contributed by atoms with Crippen molar-refractivity contribution in [2.75, 3.05) is 62.4 Å². The topological polar surface area (TPSA) is 413 Å². The number of ether oxygens (including phenoxy) is 4. The van der Waals surface area contributed by atoms with Gasteiger partial charge in [-0.25, -0.2) is 0 Å². The van der Waals surface area contributed by atoms with Crippen LogP contribution in [0.3, 0.4) is 0 Å². The van der Waals surface area contributed by atoms with Gasteiger partial charge >= 0.3 is 59.1 Å². The molecule has 2 aliphatic carbocycles. The molecule has 0 unspecified atom stereocenters. The second-order valence-electron chi connectivity index (χ2n) is 24.4. The van der Waals surface area contributed by atoms with Crippen LogP contribution >= 0.6 is 23.5 Å². The SMILES string of the molecule is CC(=O)N[C@H]1[C@H]([C@H](O)[C@H](O)CNC(=O)c2ccc(C3CCCCC3)cc2)O[C@@](OCCCSCCNC(=O)c2ccc(C(=O)NCCSCCCO[C@]3(C(=O)[O-])C[C@H](O)[C@@H](NC(C)=O)[C@H]([C@H](O)[C@H](O)CNC(=O)c4ccc(C5CCCCC5)cc4)O3)cc2)(C(=O)[O-])C[C@@H]1O.[Na+].[Na+]. The first-order valence-corrected chi connectivity index (χ1v) is 34.6. The summed E-state index contributed by atoms with van der Waals surface area (Å²) < 4.78 is 23.0. The minimum Gasteiger partial charge on any atom is -0.544 e. The number of benzene rings is 3. The molecule has 2 saturated heterocycles. The van der Waals surface area contributed by atoms with Crippen molar-refractivity contribution in [2.24, 2.45) is 0 Å². The normalized spacial score (nSPS) is 24.2. The number of hydrogen-bond donors (Lipinski definition) is 12. The van der Waals surface area contributed by atoms with Gasteiger partial charge in [-0.2, -0.15) is 23.5 Å². The maximum atomic E-state index is 13.0. The summed E-state index contributed by atoms with van der Waals surface area (Å²) in [4.78, 5) is 101. The van der Waals surface area contributed by atoms with Gasteiger partial charge in [0.15, 0.2) is 0 Å². The molecule has 3 aromatic rings. The standard InChI is InChI=1S/C66H92N6O20S2.2Na/c1-39(73)71-53-49(75)35-65(63(85)86,91-57(53)55(79)51(77)37-69-61(83)47-19-15-43(16-20-47)41-11-5-3-6-12-41)89-29-9-31-93-33-27-67-59(81)45-23-25-46(26-24-45)60(82)68-28-34-94-32-10-30-90-66(64(87)88)36-50(76)54(72-40(2)74)58(92-66)56(80)52(78)38-70-62(84)48-21-17-44(18-22-48)42-13-7-4-8-14-42;;/h15-26,41-42,49-58,75-80H,3-14,27-38H2,1-2H3,(H,67,81)(H,68,82)(H,69,83)(H,70,84)(H,71,73)(H,72,74)(H,85,86)(H,87,88);;/q;2*+1/p-2/t49-,50-,51+,52+,53+,54+,55+,56+,57+,58+,65+,66+;;/m0../s1. The number of aliphatic hydroxyl groups excluding tert-OH is 6. The summed E-state index contributed by atoms with van der Waals surface area (Å²) >= 11 is 2.83. The van der Waals surface area contributed by atoms with Gasteiger partial charge in [0.25, 0.3) is 23.6 Å². The summed E-state index contributed by atoms with van der Waals surface area (Å²) in [7, 11) is 0. The first-order valence-electron chi connectivity index (χ1n) is 32.3. The fourth-order valence-corrected chi connectivity index (χ4v) is 13.8. The first kappa shape index (κ1) is 82.4. The quantitative estimate of drug-likeness (QED) is 0.0196. The Morgan fingerprint density at radius 3 is 1.12 bits per heavy atom. The van der Waals surface area contributed by atoms with Crippen LogP contribution in [0, 0.1) is 0 Å². The number of carboxylic acids is 2. The number of rotatable bonds is 34. The number of carbonyl (C=O) groups excluding carboxylic acids is 8. The predicted molar refractivity (Wildman–Crippen MR) is 342 cm³/mol. The van der Waals surface area contributed by atoms with Crippen LogP contribution in [0.25, 0.3) is 0 Å². The average molecular weight is 1400 g/mol. The molecule has 518 valence electrons. The molecule has 0 bridgehead atoms. The van der Waals surface area contributed by atoms with E-state index in [4.69, 9.17) is 18.9 Å². The van der Waals surface area contributed by atoms with Gasteiger partial charge in [0.05, 0.1) is 49.7 Å². The zero-order chi connectivity index (χ0) is 68.0. The largest absolute Gasteiger partial charge is 1.00 e. The molecular formula is C66H90N6Na2O20S2. The van der Waals surface area contributed by atoms with Gasteiger partial charge in [-0.3, -0.25) is 28.8 Å². The molecule has 26 nitrogen and oxygen atoms in total. The van der Waals surface area contributed by atoms with E-state index in [0.29, 0.717) is 57.1 Å². The summed E-state index contributed by atoms with van der Waals surface area (Å²) in [5.41, 5.74) is 3.54. The van der Waals surface area contributed by atoms with E-state index < -0.39 is 146 Å². The zero-order valence-corrected chi connectivity index (χ0v) is 60.7. The van der Waals surface area contributed by atoms with Crippen molar-refractivity contribution in [1.29, 1.82) is 0 Å². The van der Waals surface area contributed by atoms with Crippen molar-refractivity contribution in [1.82, 2.24) is 31.9 Å². The third-order valence-corrected chi connectivity index (χ3v) is 19.6. The van der Waals surface area contributed by atoms with E-state index in [9.17, 15) is 79.2 Å². The predicted octanol–water partition coefficient (Wildman–Crippen LogP) is -5.97. The van der Waals surface area contributed by atoms with Crippen molar-refractivity contribution in [3.63, 3.8) is 0 Å². The van der Waals surface area contributed by atoms with Crippen LogP contribution in [-0.2, 0) is 38.1 Å². The molecule has 12 atom stereocenters. The van der Waals surface area contributed by atoms with Gasteiger partial charge in [-0.05, 0) is 122 Å². The molecule has 2 saturated carbocycles. The van der Waals surface area contributed by atoms with Crippen molar-refractivity contribution in [2.45, 2.75) is 188 Å². The van der Waals surface area contributed by atoms with Gasteiger partial charge in [-0.15, -0.1) is 0 Å². The summed E-state index contributed by atoms with van der Waals surface area (Å²) in [6, 6.07) is 17.6. The number of aliphatic carboxylic acids is 2. The Morgan fingerprint density at radius 1 is 0.500 bits per heavy atom. The third-order valence-electron chi connectivity index (χ3n) is 17.4. The Kier molecular flexibility index (Phi) is 35.0. The van der Waals surface area contributed by atoms with Crippen LogP contribution < -0.4 is 101 Å². The Balaban J connectivity index is 0.00000833. The number of carbonyl (C=O) groups is 8. The minimum atomic E-state index is -2.59. The molecule has 2 heterocycles. The van der Waals surface area contributed by atoms with E-state index in [1.54, 1.807) is 24.3 Å². The van der Waals surface area contributed by atoms with Crippen LogP contribution in [0.1, 0.15) is 168 Å². The molecule has 4 fully saturated rings. The summed E-state index contributed by atoms with van der Waals surface area (Å²) in [5, 5.41) is 108. The molecule has 7 rings (SSSR count). The molecule has 3 aromatic carbocycles. The summed E-state index contributed by atoms with van der Waals surface area (Å²) in [6.07, 6.45) is -3.55. The van der Waals surface area contributed by atoms with E-state index in [-0.39, 0.29) is 98.3 Å². The molecule has 0 spiro atoms. The molecule has 0 radical (unpaired) electrons. The first-order chi connectivity index (χ1) is 45.0. The van der Waals surface area contributed by atoms with Crippen LogP contribution in [-0.4, -0.2) is 213 Å². The fraction of sp³-hybridized carbons (Fsp3) is 0.606. The van der Waals surface area contributed by atoms with E-state index in [1.165, 1.54) is 60.6 Å². The van der Waals surface area contributed by atoms with Gasteiger partial charge in [0.1, 0.15) is 36.4 Å². The Bertz CT molecular complexity index is 2790. The summed E-state index contributed by atoms with van der Waals surface area (Å²) in [5.74, 6) is -9.40. The molecule has 30 heteroatoms. The number of carboxylic acid groups (broad SMARTS) is 2. The second kappa shape index (κ2) is 40.8. The second-order valence-corrected chi connectivity index (χ2v) is 26.9. The number of nitrogens with one attached hydrogen (secondary N) is 6. The van der Waals surface area contributed by atoms with Crippen molar-refractivity contribution in [3.8, 4) is 0 Å². The van der Waals surface area contributed by atoms with Crippen molar-refractivity contribution >= 4 is 70.9 Å². The smallest absolute Gasteiger partial charge is 0.544 e. The monoisotopic (exact) mass is 1400 g/mol. The van der Waals surface area contributed by atoms with Crippen LogP contribution in [0.2, 0.25) is 0 Å². The van der Waals surface area contributed by atoms with Crippen molar-refractivity contribution < 1.29 is 157 Å². The third kappa shape index (κ3) is 23.9. The van der Waals surface area contributed by atoms with Crippen LogP contribution in [0.4, 0.5) is 0 Å². The van der Waals surface area contributed by atoms with E-state index >= 15 is 0 Å². The Hall–Kier alpha value is -4.28. The molecule has 4 aliphatic rings. The summed E-state index contributed by atoms with van der Waals surface area (Å²) in [6.45, 7) is 1.38. The molecular weight excluding hydrogens is 1310 g/mol. The van der Waals surface area contributed by atoms with Gasteiger partial charge < -0.3 is 101 Å². The maximum Gasteiger partial charge on any atom is 1.00 e. The van der Waals surface area contributed by atoms with E-state index in [2.05, 4.69) is 31.9 Å². The molecule has 96 heavy (non-hydrogen) atoms.